The van der Waals surface area contributed by atoms with Crippen LogP contribution >= 0.6 is 0 Å². The molecule has 0 saturated heterocycles. The van der Waals surface area contributed by atoms with Crippen LogP contribution in [0, 0.1) is 0 Å². The number of nitrogens with two attached hydrogens (primary N) is 2. The topological polar surface area (TPSA) is 64.4 Å². The van der Waals surface area contributed by atoms with Crippen molar-refractivity contribution in [2.45, 2.75) is 19.8 Å². The Morgan fingerprint density at radius 1 is 1.31 bits per heavy atom. The Kier molecular flexibility index (Phi) is 2.90. The molecule has 70 valence electrons. The van der Waals surface area contributed by atoms with E-state index in [-0.39, 0.29) is 0 Å². The highest BCUT2D eigenvalue weighted by Crippen LogP contribution is 2.18. The highest BCUT2D eigenvalue weighted by atomic mass is 15.2. The molecule has 0 aliphatic carbocycles. The highest BCUT2D eigenvalue weighted by molar-refractivity contribution is 5.98. The highest BCUT2D eigenvalue weighted by Gasteiger charge is 2.07. The molecule has 0 aliphatic rings. The number of hydrogen-bond donors (Lipinski definition) is 2. The molecule has 0 heterocycles. The molecule has 4 N–H and O–H groups in total. The number of hydrogen-bond acceptors (Lipinski definition) is 2. The second-order valence-electron chi connectivity index (χ2n) is 3.26. The fourth-order valence-corrected chi connectivity index (χ4v) is 1.30. The van der Waals surface area contributed by atoms with Crippen LogP contribution < -0.4 is 11.6 Å². The average molecular weight is 177 g/mol. The fourth-order valence-electron chi connectivity index (χ4n) is 1.30. The lowest BCUT2D eigenvalue weighted by molar-refractivity contribution is 0.863. The van der Waals surface area contributed by atoms with Crippen LogP contribution in [0.3, 0.4) is 0 Å². The lowest BCUT2D eigenvalue weighted by Gasteiger charge is -2.10. The minimum absolute atomic E-state index is 0.393. The monoisotopic (exact) mass is 177 g/mol. The molecule has 0 atom stereocenters. The predicted octanol–water partition coefficient (Wildman–Crippen LogP) is 1.39. The Labute approximate surface area is 78.4 Å². The van der Waals surface area contributed by atoms with E-state index in [0.29, 0.717) is 11.8 Å². The summed E-state index contributed by atoms with van der Waals surface area (Å²) in [4.78, 5) is 0. The molecule has 0 bridgehead atoms. The number of hydrazone groups is 1. The zero-order chi connectivity index (χ0) is 9.84. The van der Waals surface area contributed by atoms with Gasteiger partial charge in [0.15, 0.2) is 5.84 Å². The summed E-state index contributed by atoms with van der Waals surface area (Å²) in [6, 6.07) is 7.89. The normalized spacial score (nSPS) is 12.1. The van der Waals surface area contributed by atoms with Crippen molar-refractivity contribution in [3.8, 4) is 0 Å². The minimum atomic E-state index is 0.393. The zero-order valence-electron chi connectivity index (χ0n) is 7.99. The Hall–Kier alpha value is -1.51. The van der Waals surface area contributed by atoms with Crippen molar-refractivity contribution in [2.24, 2.45) is 16.7 Å². The third-order valence-corrected chi connectivity index (χ3v) is 2.00. The Morgan fingerprint density at radius 2 is 1.92 bits per heavy atom. The SMILES string of the molecule is CC(C)c1ccccc1C(N)=NN. The van der Waals surface area contributed by atoms with E-state index in [1.54, 1.807) is 0 Å². The van der Waals surface area contributed by atoms with Gasteiger partial charge in [-0.05, 0) is 11.5 Å². The number of rotatable bonds is 2. The van der Waals surface area contributed by atoms with Crippen LogP contribution in [0.25, 0.3) is 0 Å². The molecule has 13 heavy (non-hydrogen) atoms. The van der Waals surface area contributed by atoms with E-state index in [9.17, 15) is 0 Å². The molecular formula is C10H15N3. The summed E-state index contributed by atoms with van der Waals surface area (Å²) in [6.07, 6.45) is 0. The molecule has 0 amide bonds. The molecule has 0 radical (unpaired) electrons. The summed E-state index contributed by atoms with van der Waals surface area (Å²) >= 11 is 0. The molecule has 3 nitrogen and oxygen atoms in total. The smallest absolute Gasteiger partial charge is 0.150 e. The molecule has 3 heteroatoms. The fraction of sp³-hybridized carbons (Fsp3) is 0.300. The van der Waals surface area contributed by atoms with Crippen molar-refractivity contribution >= 4 is 5.84 Å². The largest absolute Gasteiger partial charge is 0.382 e. The van der Waals surface area contributed by atoms with Crippen LogP contribution in [0.4, 0.5) is 0 Å². The van der Waals surface area contributed by atoms with Gasteiger partial charge in [-0.3, -0.25) is 0 Å². The molecule has 0 fully saturated rings. The van der Waals surface area contributed by atoms with E-state index in [2.05, 4.69) is 18.9 Å². The molecule has 1 aromatic rings. The van der Waals surface area contributed by atoms with Crippen LogP contribution in [-0.4, -0.2) is 5.84 Å². The summed E-state index contributed by atoms with van der Waals surface area (Å²) in [5, 5.41) is 3.50. The van der Waals surface area contributed by atoms with Gasteiger partial charge in [-0.25, -0.2) is 0 Å². The van der Waals surface area contributed by atoms with Gasteiger partial charge < -0.3 is 11.6 Å². The van der Waals surface area contributed by atoms with Crippen LogP contribution in [0.2, 0.25) is 0 Å². The van der Waals surface area contributed by atoms with Crippen molar-refractivity contribution in [1.82, 2.24) is 0 Å². The standard InChI is InChI=1S/C10H15N3/c1-7(2)8-5-3-4-6-9(8)10(11)13-12/h3-7H,12H2,1-2H3,(H2,11,13). The van der Waals surface area contributed by atoms with E-state index in [1.807, 2.05) is 24.3 Å². The maximum absolute atomic E-state index is 5.66. The van der Waals surface area contributed by atoms with Crippen LogP contribution in [0.15, 0.2) is 29.4 Å². The molecule has 0 unspecified atom stereocenters. The number of amidine groups is 1. The van der Waals surface area contributed by atoms with Crippen molar-refractivity contribution in [3.05, 3.63) is 35.4 Å². The number of benzene rings is 1. The summed E-state index contributed by atoms with van der Waals surface area (Å²) in [7, 11) is 0. The summed E-state index contributed by atoms with van der Waals surface area (Å²) < 4.78 is 0. The maximum Gasteiger partial charge on any atom is 0.150 e. The molecule has 0 aliphatic heterocycles. The van der Waals surface area contributed by atoms with Gasteiger partial charge in [0.2, 0.25) is 0 Å². The predicted molar refractivity (Wildman–Crippen MR) is 55.4 cm³/mol. The van der Waals surface area contributed by atoms with Crippen LogP contribution in [0.1, 0.15) is 30.9 Å². The van der Waals surface area contributed by atoms with Crippen molar-refractivity contribution in [1.29, 1.82) is 0 Å². The van der Waals surface area contributed by atoms with Gasteiger partial charge in [0.1, 0.15) is 0 Å². The van der Waals surface area contributed by atoms with Gasteiger partial charge in [-0.15, -0.1) is 0 Å². The minimum Gasteiger partial charge on any atom is -0.382 e. The first kappa shape index (κ1) is 9.58. The summed E-state index contributed by atoms with van der Waals surface area (Å²) in [5.41, 5.74) is 7.76. The van der Waals surface area contributed by atoms with E-state index < -0.39 is 0 Å². The van der Waals surface area contributed by atoms with Gasteiger partial charge in [0, 0.05) is 5.56 Å². The molecule has 1 aromatic carbocycles. The Balaban J connectivity index is 3.20. The van der Waals surface area contributed by atoms with E-state index in [1.165, 1.54) is 5.56 Å². The Morgan fingerprint density at radius 3 is 2.46 bits per heavy atom. The van der Waals surface area contributed by atoms with Gasteiger partial charge in [0.25, 0.3) is 0 Å². The molecule has 0 aromatic heterocycles. The Bertz CT molecular complexity index is 316. The first-order valence-corrected chi connectivity index (χ1v) is 4.29. The quantitative estimate of drug-likeness (QED) is 0.310. The second-order valence-corrected chi connectivity index (χ2v) is 3.26. The van der Waals surface area contributed by atoms with Crippen molar-refractivity contribution in [3.63, 3.8) is 0 Å². The van der Waals surface area contributed by atoms with Gasteiger partial charge in [-0.2, -0.15) is 5.10 Å². The van der Waals surface area contributed by atoms with Gasteiger partial charge >= 0.3 is 0 Å². The molecule has 0 spiro atoms. The molecular weight excluding hydrogens is 162 g/mol. The first-order valence-electron chi connectivity index (χ1n) is 4.29. The van der Waals surface area contributed by atoms with Crippen molar-refractivity contribution < 1.29 is 0 Å². The van der Waals surface area contributed by atoms with Crippen LogP contribution in [0.5, 0.6) is 0 Å². The average Bonchev–Trinajstić information content (AvgIpc) is 2.16. The third kappa shape index (κ3) is 1.99. The van der Waals surface area contributed by atoms with Gasteiger partial charge in [0.05, 0.1) is 0 Å². The lowest BCUT2D eigenvalue weighted by atomic mass is 9.97. The second kappa shape index (κ2) is 3.94. The summed E-state index contributed by atoms with van der Waals surface area (Å²) in [5.74, 6) is 5.96. The first-order chi connectivity index (χ1) is 6.16. The third-order valence-electron chi connectivity index (χ3n) is 2.00. The van der Waals surface area contributed by atoms with Crippen molar-refractivity contribution in [2.75, 3.05) is 0 Å². The van der Waals surface area contributed by atoms with E-state index >= 15 is 0 Å². The maximum atomic E-state index is 5.66. The molecule has 1 rings (SSSR count). The van der Waals surface area contributed by atoms with Crippen LogP contribution in [-0.2, 0) is 0 Å². The lowest BCUT2D eigenvalue weighted by Crippen LogP contribution is -2.17. The van der Waals surface area contributed by atoms with Gasteiger partial charge in [-0.1, -0.05) is 38.1 Å². The van der Waals surface area contributed by atoms with E-state index in [0.717, 1.165) is 5.56 Å². The zero-order valence-corrected chi connectivity index (χ0v) is 7.99. The van der Waals surface area contributed by atoms with E-state index in [4.69, 9.17) is 11.6 Å². The number of nitrogens with zero attached hydrogens (tertiary/aromatic N) is 1. The summed E-state index contributed by atoms with van der Waals surface area (Å²) in [6.45, 7) is 4.23. The molecule has 0 saturated carbocycles.